The van der Waals surface area contributed by atoms with Gasteiger partial charge < -0.3 is 4.74 Å². The van der Waals surface area contributed by atoms with E-state index < -0.39 is 10.8 Å². The Kier molecular flexibility index (Phi) is 6.26. The Hall–Kier alpha value is -2.03. The van der Waals surface area contributed by atoms with Crippen LogP contribution in [0.15, 0.2) is 72.8 Å². The van der Waals surface area contributed by atoms with E-state index >= 15 is 0 Å². The summed E-state index contributed by atoms with van der Waals surface area (Å²) in [6, 6.07) is 19.1. The fraction of sp³-hybridized carbons (Fsp3) is 0.0556. The molecule has 0 amide bonds. The monoisotopic (exact) mass is 332 g/mol. The van der Waals surface area contributed by atoms with Crippen molar-refractivity contribution in [1.29, 1.82) is 0 Å². The third-order valence-electron chi connectivity index (χ3n) is 2.78. The first-order valence-electron chi connectivity index (χ1n) is 6.65. The molecule has 0 bridgehead atoms. The fourth-order valence-electron chi connectivity index (χ4n) is 1.76. The molecule has 0 spiro atoms. The van der Waals surface area contributed by atoms with Gasteiger partial charge in [-0.2, -0.15) is 0 Å². The van der Waals surface area contributed by atoms with E-state index in [4.69, 9.17) is 27.9 Å². The second-order valence-electron chi connectivity index (χ2n) is 4.39. The summed E-state index contributed by atoms with van der Waals surface area (Å²) in [5, 5.41) is 0. The van der Waals surface area contributed by atoms with E-state index in [1.165, 1.54) is 0 Å². The van der Waals surface area contributed by atoms with Crippen LogP contribution >= 0.6 is 23.2 Å². The fourth-order valence-corrected chi connectivity index (χ4v) is 1.84. The highest BCUT2D eigenvalue weighted by atomic mass is 35.5. The highest BCUT2D eigenvalue weighted by Crippen LogP contribution is 2.19. The minimum atomic E-state index is -1.22. The summed E-state index contributed by atoms with van der Waals surface area (Å²) in [7, 11) is 0. The second kappa shape index (κ2) is 8.42. The molecule has 0 heterocycles. The molecule has 0 aromatic heterocycles. The van der Waals surface area contributed by atoms with E-state index in [9.17, 15) is 4.79 Å². The summed E-state index contributed by atoms with van der Waals surface area (Å²) in [5.74, 6) is -0.310. The van der Waals surface area contributed by atoms with Gasteiger partial charge in [-0.15, -0.1) is 0 Å². The van der Waals surface area contributed by atoms with Gasteiger partial charge in [0.2, 0.25) is 4.84 Å². The molecular formula is C18H14Cl2O2. The molecule has 2 nitrogen and oxygen atoms in total. The lowest BCUT2D eigenvalue weighted by molar-refractivity contribution is -0.134. The number of esters is 1. The van der Waals surface area contributed by atoms with E-state index in [1.54, 1.807) is 6.08 Å². The Balaban J connectivity index is 2.22. The normalized spacial score (nSPS) is 11.9. The SMILES string of the molecule is O=C(O/C(=C/C=C/c1ccccc1)c1ccccc1)C(Cl)Cl. The number of benzene rings is 2. The molecule has 0 aliphatic rings. The third-order valence-corrected chi connectivity index (χ3v) is 3.14. The standard InChI is InChI=1S/C18H14Cl2O2/c19-17(20)18(21)22-16(15-11-5-2-6-12-15)13-7-10-14-8-3-1-4-9-14/h1-13,17H/b10-7+,16-13+. The molecule has 2 aromatic carbocycles. The van der Waals surface area contributed by atoms with Crippen LogP contribution in [0.4, 0.5) is 0 Å². The largest absolute Gasteiger partial charge is 0.424 e. The first kappa shape index (κ1) is 16.3. The lowest BCUT2D eigenvalue weighted by Gasteiger charge is -2.08. The van der Waals surface area contributed by atoms with E-state index in [0.29, 0.717) is 5.76 Å². The maximum absolute atomic E-state index is 11.6. The molecule has 2 aromatic rings. The minimum absolute atomic E-state index is 0.393. The molecule has 0 saturated heterocycles. The molecule has 112 valence electrons. The van der Waals surface area contributed by atoms with Gasteiger partial charge in [0.15, 0.2) is 0 Å². The summed E-state index contributed by atoms with van der Waals surface area (Å²) in [5.41, 5.74) is 1.81. The Morgan fingerprint density at radius 2 is 1.55 bits per heavy atom. The first-order chi connectivity index (χ1) is 10.7. The molecule has 0 aliphatic heterocycles. The van der Waals surface area contributed by atoms with E-state index in [0.717, 1.165) is 11.1 Å². The van der Waals surface area contributed by atoms with Gasteiger partial charge >= 0.3 is 5.97 Å². The lowest BCUT2D eigenvalue weighted by Crippen LogP contribution is -2.11. The third kappa shape index (κ3) is 5.06. The van der Waals surface area contributed by atoms with Crippen LogP contribution in [0.1, 0.15) is 11.1 Å². The van der Waals surface area contributed by atoms with E-state index in [-0.39, 0.29) is 0 Å². The van der Waals surface area contributed by atoms with Crippen molar-refractivity contribution < 1.29 is 9.53 Å². The maximum Gasteiger partial charge on any atom is 0.344 e. The van der Waals surface area contributed by atoms with Crippen LogP contribution in [0.5, 0.6) is 0 Å². The van der Waals surface area contributed by atoms with Crippen LogP contribution in [0.25, 0.3) is 11.8 Å². The van der Waals surface area contributed by atoms with Gasteiger partial charge in [-0.05, 0) is 11.6 Å². The summed E-state index contributed by atoms with van der Waals surface area (Å²) < 4.78 is 5.24. The number of hydrogen-bond acceptors (Lipinski definition) is 2. The van der Waals surface area contributed by atoms with Gasteiger partial charge in [-0.1, -0.05) is 96.0 Å². The summed E-state index contributed by atoms with van der Waals surface area (Å²) in [6.45, 7) is 0. The Morgan fingerprint density at radius 1 is 0.955 bits per heavy atom. The van der Waals surface area contributed by atoms with Gasteiger partial charge in [0.1, 0.15) is 5.76 Å². The van der Waals surface area contributed by atoms with Gasteiger partial charge in [-0.25, -0.2) is 4.79 Å². The Bertz CT molecular complexity index is 662. The minimum Gasteiger partial charge on any atom is -0.424 e. The number of alkyl halides is 2. The molecule has 22 heavy (non-hydrogen) atoms. The van der Waals surface area contributed by atoms with Crippen LogP contribution < -0.4 is 0 Å². The van der Waals surface area contributed by atoms with Gasteiger partial charge in [0.25, 0.3) is 0 Å². The van der Waals surface area contributed by atoms with Crippen molar-refractivity contribution >= 4 is 41.0 Å². The molecule has 0 saturated carbocycles. The highest BCUT2D eigenvalue weighted by molar-refractivity contribution is 6.53. The number of rotatable bonds is 5. The zero-order chi connectivity index (χ0) is 15.8. The zero-order valence-corrected chi connectivity index (χ0v) is 13.2. The van der Waals surface area contributed by atoms with E-state index in [1.807, 2.05) is 72.8 Å². The number of hydrogen-bond donors (Lipinski definition) is 0. The molecular weight excluding hydrogens is 319 g/mol. The number of carbonyl (C=O) groups excluding carboxylic acids is 1. The van der Waals surface area contributed by atoms with Crippen molar-refractivity contribution in [2.75, 3.05) is 0 Å². The predicted octanol–water partition coefficient (Wildman–Crippen LogP) is 5.09. The zero-order valence-electron chi connectivity index (χ0n) is 11.7. The highest BCUT2D eigenvalue weighted by Gasteiger charge is 2.16. The number of allylic oxidation sites excluding steroid dienone is 2. The number of ether oxygens (including phenoxy) is 1. The molecule has 0 fully saturated rings. The van der Waals surface area contributed by atoms with Crippen LogP contribution in [-0.4, -0.2) is 10.8 Å². The molecule has 0 radical (unpaired) electrons. The predicted molar refractivity (Wildman–Crippen MR) is 91.5 cm³/mol. The van der Waals surface area contributed by atoms with Crippen LogP contribution in [0.3, 0.4) is 0 Å². The Morgan fingerprint density at radius 3 is 2.14 bits per heavy atom. The van der Waals surface area contributed by atoms with Crippen LogP contribution in [0, 0.1) is 0 Å². The number of carbonyl (C=O) groups is 1. The molecule has 0 aliphatic carbocycles. The van der Waals surface area contributed by atoms with Crippen molar-refractivity contribution in [2.45, 2.75) is 4.84 Å². The van der Waals surface area contributed by atoms with Gasteiger partial charge in [-0.3, -0.25) is 0 Å². The average Bonchev–Trinajstić information content (AvgIpc) is 2.55. The maximum atomic E-state index is 11.6. The smallest absolute Gasteiger partial charge is 0.344 e. The average molecular weight is 333 g/mol. The summed E-state index contributed by atoms with van der Waals surface area (Å²) in [4.78, 5) is 10.4. The van der Waals surface area contributed by atoms with Crippen molar-refractivity contribution in [1.82, 2.24) is 0 Å². The number of halogens is 2. The van der Waals surface area contributed by atoms with Crippen molar-refractivity contribution in [3.05, 3.63) is 83.9 Å². The molecule has 0 N–H and O–H groups in total. The van der Waals surface area contributed by atoms with Gasteiger partial charge in [0, 0.05) is 5.56 Å². The molecule has 0 atom stereocenters. The molecule has 0 unspecified atom stereocenters. The van der Waals surface area contributed by atoms with E-state index in [2.05, 4.69) is 0 Å². The van der Waals surface area contributed by atoms with Crippen LogP contribution in [0.2, 0.25) is 0 Å². The lowest BCUT2D eigenvalue weighted by atomic mass is 10.1. The topological polar surface area (TPSA) is 26.3 Å². The van der Waals surface area contributed by atoms with Crippen molar-refractivity contribution in [2.24, 2.45) is 0 Å². The van der Waals surface area contributed by atoms with Gasteiger partial charge in [0.05, 0.1) is 0 Å². The van der Waals surface area contributed by atoms with Crippen molar-refractivity contribution in [3.63, 3.8) is 0 Å². The Labute approximate surface area is 139 Å². The quantitative estimate of drug-likeness (QED) is 0.330. The van der Waals surface area contributed by atoms with Crippen LogP contribution in [-0.2, 0) is 9.53 Å². The second-order valence-corrected chi connectivity index (χ2v) is 5.48. The molecule has 2 rings (SSSR count). The summed E-state index contributed by atoms with van der Waals surface area (Å²) in [6.07, 6.45) is 5.43. The molecule has 4 heteroatoms. The first-order valence-corrected chi connectivity index (χ1v) is 7.53. The van der Waals surface area contributed by atoms with Crippen molar-refractivity contribution in [3.8, 4) is 0 Å². The summed E-state index contributed by atoms with van der Waals surface area (Å²) >= 11 is 11.1.